The lowest BCUT2D eigenvalue weighted by atomic mass is 9.70. The van der Waals surface area contributed by atoms with E-state index in [-0.39, 0.29) is 78.2 Å². The van der Waals surface area contributed by atoms with Gasteiger partial charge in [-0.1, -0.05) is 40.5 Å². The molecule has 0 saturated heterocycles. The summed E-state index contributed by atoms with van der Waals surface area (Å²) in [6, 6.07) is 0. The third kappa shape index (κ3) is 15.0. The van der Waals surface area contributed by atoms with Crippen molar-refractivity contribution in [3.8, 4) is 0 Å². The van der Waals surface area contributed by atoms with Gasteiger partial charge in [0.05, 0.1) is 0 Å². The first-order valence-corrected chi connectivity index (χ1v) is 22.8. The molecule has 0 N–H and O–H groups in total. The average molecular weight is 935 g/mol. The van der Waals surface area contributed by atoms with Crippen LogP contribution >= 0.6 is 0 Å². The molecule has 0 heterocycles. The summed E-state index contributed by atoms with van der Waals surface area (Å²) in [4.78, 5) is 17.6. The standard InChI is InChI=1S/C45H90O19/c1-23-33-44(61-38(13,49-19)55-29-7,62-39(14,50-20)56-30-8)42(25-3,59-36(11,47-17)53-27-5)35(46)43(26-4,60-37(12,48-18)54-28-6)45(34-24-2,63-40(15,51-21)57-31-9)64-41(16,52-22)58-32-10/h23-34H2,1-22H3. The van der Waals surface area contributed by atoms with Gasteiger partial charge in [-0.3, -0.25) is 23.7 Å². The number of ether oxygens (including phenoxy) is 18. The van der Waals surface area contributed by atoms with E-state index < -0.39 is 64.4 Å². The smallest absolute Gasteiger partial charge is 0.282 e. The van der Waals surface area contributed by atoms with E-state index in [0.29, 0.717) is 0 Å². The second-order valence-corrected chi connectivity index (χ2v) is 15.3. The Labute approximate surface area is 385 Å². The molecule has 0 aliphatic heterocycles. The number of methoxy groups -OCH3 is 6. The monoisotopic (exact) mass is 935 g/mol. The van der Waals surface area contributed by atoms with Crippen molar-refractivity contribution < 1.29 is 90.1 Å². The highest BCUT2D eigenvalue weighted by molar-refractivity contribution is 5.97. The molecule has 0 rings (SSSR count). The molecule has 0 aromatic carbocycles. The van der Waals surface area contributed by atoms with E-state index in [1.165, 1.54) is 84.2 Å². The topological polar surface area (TPSA) is 183 Å². The van der Waals surface area contributed by atoms with Crippen LogP contribution in [0.3, 0.4) is 0 Å². The molecule has 8 unspecified atom stereocenters. The molecule has 0 fully saturated rings. The van der Waals surface area contributed by atoms with Crippen molar-refractivity contribution >= 4 is 5.78 Å². The zero-order valence-corrected chi connectivity index (χ0v) is 43.7. The van der Waals surface area contributed by atoms with Gasteiger partial charge in [-0.15, -0.1) is 0 Å². The number of hydrogen-bond donors (Lipinski definition) is 0. The molecule has 0 aliphatic carbocycles. The minimum absolute atomic E-state index is 0.0683. The van der Waals surface area contributed by atoms with Crippen LogP contribution in [0.25, 0.3) is 0 Å². The Hall–Kier alpha value is -1.05. The lowest BCUT2D eigenvalue weighted by molar-refractivity contribution is -0.540. The summed E-state index contributed by atoms with van der Waals surface area (Å²) in [5.74, 6) is -17.5. The fraction of sp³-hybridized carbons (Fsp3) is 0.978. The molecule has 8 atom stereocenters. The highest BCUT2D eigenvalue weighted by Crippen LogP contribution is 2.55. The number of hydrogen-bond acceptors (Lipinski definition) is 19. The highest BCUT2D eigenvalue weighted by Gasteiger charge is 2.76. The first-order valence-electron chi connectivity index (χ1n) is 22.8. The summed E-state index contributed by atoms with van der Waals surface area (Å²) in [5, 5.41) is 0. The van der Waals surface area contributed by atoms with Crippen molar-refractivity contribution in [3.05, 3.63) is 0 Å². The van der Waals surface area contributed by atoms with Gasteiger partial charge in [0.25, 0.3) is 35.8 Å². The maximum Gasteiger partial charge on any atom is 0.282 e. The summed E-state index contributed by atoms with van der Waals surface area (Å²) < 4.78 is 116. The van der Waals surface area contributed by atoms with Gasteiger partial charge in [-0.05, 0) is 54.4 Å². The van der Waals surface area contributed by atoms with Gasteiger partial charge in [0.1, 0.15) is 0 Å². The highest BCUT2D eigenvalue weighted by atomic mass is 17.0. The van der Waals surface area contributed by atoms with Crippen molar-refractivity contribution in [2.24, 2.45) is 0 Å². The first kappa shape index (κ1) is 63.0. The van der Waals surface area contributed by atoms with E-state index in [1.54, 1.807) is 55.4 Å². The van der Waals surface area contributed by atoms with Gasteiger partial charge < -0.3 is 66.3 Å². The fourth-order valence-electron chi connectivity index (χ4n) is 7.75. The zero-order chi connectivity index (χ0) is 49.8. The molecular formula is C45H90O19. The second-order valence-electron chi connectivity index (χ2n) is 15.3. The van der Waals surface area contributed by atoms with Gasteiger partial charge in [0.2, 0.25) is 17.4 Å². The molecule has 0 bridgehead atoms. The number of rotatable bonds is 40. The van der Waals surface area contributed by atoms with Crippen molar-refractivity contribution in [2.45, 2.75) is 208 Å². The Kier molecular flexibility index (Phi) is 26.8. The van der Waals surface area contributed by atoms with Crippen LogP contribution in [-0.2, 0) is 90.1 Å². The Bertz CT molecular complexity index is 1170. The van der Waals surface area contributed by atoms with E-state index in [4.69, 9.17) is 85.3 Å². The van der Waals surface area contributed by atoms with Gasteiger partial charge in [-0.2, -0.15) is 0 Å². The zero-order valence-electron chi connectivity index (χ0n) is 43.7. The van der Waals surface area contributed by atoms with Crippen LogP contribution in [0.4, 0.5) is 0 Å². The molecule has 0 aliphatic rings. The van der Waals surface area contributed by atoms with E-state index in [1.807, 2.05) is 13.8 Å². The largest absolute Gasteiger partial charge is 0.331 e. The normalized spacial score (nSPS) is 22.0. The Morgan fingerprint density at radius 1 is 0.328 bits per heavy atom. The Balaban J connectivity index is 10.2. The molecule has 0 spiro atoms. The first-order chi connectivity index (χ1) is 29.9. The Morgan fingerprint density at radius 3 is 0.656 bits per heavy atom. The van der Waals surface area contributed by atoms with Crippen molar-refractivity contribution in [1.29, 1.82) is 0 Å². The van der Waals surface area contributed by atoms with Crippen LogP contribution in [0, 0.1) is 0 Å². The van der Waals surface area contributed by atoms with Crippen molar-refractivity contribution in [1.82, 2.24) is 0 Å². The summed E-state index contributed by atoms with van der Waals surface area (Å²) in [5.41, 5.74) is -5.02. The van der Waals surface area contributed by atoms with Crippen molar-refractivity contribution in [3.63, 3.8) is 0 Å². The lowest BCUT2D eigenvalue weighted by Crippen LogP contribution is -2.79. The van der Waals surface area contributed by atoms with E-state index in [0.717, 1.165) is 0 Å². The average Bonchev–Trinajstić information content (AvgIpc) is 3.25. The molecule has 0 aromatic heterocycles. The third-order valence-corrected chi connectivity index (χ3v) is 10.9. The van der Waals surface area contributed by atoms with Crippen LogP contribution in [-0.4, -0.2) is 147 Å². The van der Waals surface area contributed by atoms with Gasteiger partial charge in [0.15, 0.2) is 11.2 Å². The fourth-order valence-corrected chi connectivity index (χ4v) is 7.75. The third-order valence-electron chi connectivity index (χ3n) is 10.9. The quantitative estimate of drug-likeness (QED) is 0.0537. The molecule has 384 valence electrons. The number of ketones is 1. The predicted octanol–water partition coefficient (Wildman–Crippen LogP) is 8.09. The summed E-state index contributed by atoms with van der Waals surface area (Å²) >= 11 is 0. The molecule has 0 saturated carbocycles. The summed E-state index contributed by atoms with van der Waals surface area (Å²) in [7, 11) is 8.29. The molecule has 0 aromatic rings. The van der Waals surface area contributed by atoms with E-state index in [9.17, 15) is 0 Å². The van der Waals surface area contributed by atoms with Crippen LogP contribution in [0.1, 0.15) is 149 Å². The van der Waals surface area contributed by atoms with Gasteiger partial charge in [-0.25, -0.2) is 0 Å². The number of carbonyl (C=O) groups excluding carboxylic acids is 1. The molecule has 19 heteroatoms. The predicted molar refractivity (Wildman–Crippen MR) is 235 cm³/mol. The van der Waals surface area contributed by atoms with Crippen LogP contribution in [0.5, 0.6) is 0 Å². The second kappa shape index (κ2) is 27.2. The lowest BCUT2D eigenvalue weighted by Gasteiger charge is -2.59. The molecule has 64 heavy (non-hydrogen) atoms. The SMILES string of the molecule is CCCC(OC(C)(OC)OCC)(OC(C)(OC)OCC)C(CC)(OC(C)(OC)OCC)C(=O)C(CC)(OC(C)(OC)OCC)C(CCC)(OC(C)(OC)OCC)OC(C)(OC)OCC. The van der Waals surface area contributed by atoms with Crippen molar-refractivity contribution in [2.75, 3.05) is 82.3 Å². The van der Waals surface area contributed by atoms with Gasteiger partial charge >= 0.3 is 0 Å². The molecule has 0 amide bonds. The number of carbonyl (C=O) groups is 1. The minimum Gasteiger partial charge on any atom is -0.331 e. The summed E-state index contributed by atoms with van der Waals surface area (Å²) in [6.07, 6.45) is -0.240. The van der Waals surface area contributed by atoms with Gasteiger partial charge in [0, 0.05) is 137 Å². The van der Waals surface area contributed by atoms with E-state index in [2.05, 4.69) is 0 Å². The number of Topliss-reactive ketones (excluding diaryl/α,β-unsaturated/α-hetero) is 1. The maximum absolute atomic E-state index is 17.6. The molecular weight excluding hydrogens is 844 g/mol. The van der Waals surface area contributed by atoms with Crippen LogP contribution in [0.2, 0.25) is 0 Å². The van der Waals surface area contributed by atoms with E-state index >= 15 is 4.79 Å². The molecule has 0 radical (unpaired) electrons. The minimum atomic E-state index is -2.51. The molecule has 19 nitrogen and oxygen atoms in total. The maximum atomic E-state index is 17.6. The Morgan fingerprint density at radius 2 is 0.516 bits per heavy atom. The van der Waals surface area contributed by atoms with Crippen LogP contribution < -0.4 is 0 Å². The summed E-state index contributed by atoms with van der Waals surface area (Å²) in [6.45, 7) is 27.4. The van der Waals surface area contributed by atoms with Crippen LogP contribution in [0.15, 0.2) is 0 Å².